The molecular weight excluding hydrogens is 191 g/mol. The van der Waals surface area contributed by atoms with Crippen LogP contribution in [0.2, 0.25) is 0 Å². The summed E-state index contributed by atoms with van der Waals surface area (Å²) >= 11 is 0. The molecule has 0 amide bonds. The van der Waals surface area contributed by atoms with E-state index in [0.29, 0.717) is 0 Å². The first-order valence-corrected chi connectivity index (χ1v) is 5.04. The topological polar surface area (TPSA) is 29.3 Å². The smallest absolute Gasteiger partial charge is 0.125 e. The number of nitrogens with zero attached hydrogens (tertiary/aromatic N) is 1. The Morgan fingerprint density at radius 2 is 1.93 bits per heavy atom. The lowest BCUT2D eigenvalue weighted by molar-refractivity contribution is 0.516. The Morgan fingerprint density at radius 1 is 1.33 bits per heavy atom. The zero-order chi connectivity index (χ0) is 11.6. The van der Waals surface area contributed by atoms with Crippen LogP contribution >= 0.6 is 0 Å². The van der Waals surface area contributed by atoms with Crippen molar-refractivity contribution in [2.45, 2.75) is 25.8 Å². The van der Waals surface area contributed by atoms with Crippen molar-refractivity contribution in [3.63, 3.8) is 0 Å². The highest BCUT2D eigenvalue weighted by Crippen LogP contribution is 2.23. The van der Waals surface area contributed by atoms with Gasteiger partial charge in [0.2, 0.25) is 0 Å². The van der Waals surface area contributed by atoms with Crippen LogP contribution in [0.15, 0.2) is 18.2 Å². The van der Waals surface area contributed by atoms with Gasteiger partial charge in [0.25, 0.3) is 0 Å². The highest BCUT2D eigenvalue weighted by Gasteiger charge is 2.15. The molecule has 1 rings (SSSR count). The standard InChI is InChI=1S/C12H19FN2/c1-12(2,14)8-9-5-6-10(13)7-11(9)15(3)4/h5-7H,8,14H2,1-4H3. The van der Waals surface area contributed by atoms with E-state index in [0.717, 1.165) is 17.7 Å². The molecule has 0 spiro atoms. The number of benzene rings is 1. The van der Waals surface area contributed by atoms with Crippen LogP contribution in [0.1, 0.15) is 19.4 Å². The molecule has 0 atom stereocenters. The molecule has 2 N–H and O–H groups in total. The van der Waals surface area contributed by atoms with E-state index in [1.54, 1.807) is 12.1 Å². The van der Waals surface area contributed by atoms with Gasteiger partial charge in [-0.05, 0) is 38.0 Å². The van der Waals surface area contributed by atoms with E-state index in [1.807, 2.05) is 32.8 Å². The van der Waals surface area contributed by atoms with E-state index in [2.05, 4.69) is 0 Å². The first-order chi connectivity index (χ1) is 6.79. The average Bonchev–Trinajstić information content (AvgIpc) is 2.05. The second-order valence-corrected chi connectivity index (χ2v) is 4.83. The van der Waals surface area contributed by atoms with Gasteiger partial charge in [-0.15, -0.1) is 0 Å². The molecule has 2 nitrogen and oxygen atoms in total. The SMILES string of the molecule is CN(C)c1cc(F)ccc1CC(C)(C)N. The Labute approximate surface area is 90.9 Å². The van der Waals surface area contributed by atoms with Crippen molar-refractivity contribution < 1.29 is 4.39 Å². The van der Waals surface area contributed by atoms with E-state index in [4.69, 9.17) is 5.73 Å². The predicted molar refractivity (Wildman–Crippen MR) is 62.7 cm³/mol. The van der Waals surface area contributed by atoms with Gasteiger partial charge in [0.1, 0.15) is 5.82 Å². The number of anilines is 1. The van der Waals surface area contributed by atoms with Gasteiger partial charge in [-0.2, -0.15) is 0 Å². The molecule has 3 heteroatoms. The molecule has 1 aromatic rings. The third-order valence-corrected chi connectivity index (χ3v) is 2.18. The second kappa shape index (κ2) is 4.19. The quantitative estimate of drug-likeness (QED) is 0.828. The van der Waals surface area contributed by atoms with Gasteiger partial charge in [0.15, 0.2) is 0 Å². The Bertz CT molecular complexity index is 340. The third-order valence-electron chi connectivity index (χ3n) is 2.18. The van der Waals surface area contributed by atoms with E-state index in [9.17, 15) is 4.39 Å². The molecule has 0 saturated carbocycles. The van der Waals surface area contributed by atoms with Crippen LogP contribution in [0.4, 0.5) is 10.1 Å². The fourth-order valence-electron chi connectivity index (χ4n) is 1.59. The molecule has 0 bridgehead atoms. The van der Waals surface area contributed by atoms with Crippen LogP contribution in [0.25, 0.3) is 0 Å². The Morgan fingerprint density at radius 3 is 2.40 bits per heavy atom. The Hall–Kier alpha value is -1.09. The number of rotatable bonds is 3. The summed E-state index contributed by atoms with van der Waals surface area (Å²) in [5, 5.41) is 0. The molecule has 0 heterocycles. The first kappa shape index (κ1) is 12.0. The Kier molecular flexibility index (Phi) is 3.35. The van der Waals surface area contributed by atoms with E-state index in [1.165, 1.54) is 6.07 Å². The van der Waals surface area contributed by atoms with Crippen LogP contribution in [0.5, 0.6) is 0 Å². The van der Waals surface area contributed by atoms with Crippen LogP contribution in [-0.2, 0) is 6.42 Å². The molecule has 0 aliphatic carbocycles. The minimum atomic E-state index is -0.275. The summed E-state index contributed by atoms with van der Waals surface area (Å²) in [5.41, 5.74) is 7.66. The molecular formula is C12H19FN2. The minimum Gasteiger partial charge on any atom is -0.377 e. The van der Waals surface area contributed by atoms with E-state index in [-0.39, 0.29) is 11.4 Å². The fraction of sp³-hybridized carbons (Fsp3) is 0.500. The third kappa shape index (κ3) is 3.51. The molecule has 1 aromatic carbocycles. The van der Waals surface area contributed by atoms with Gasteiger partial charge < -0.3 is 10.6 Å². The minimum absolute atomic E-state index is 0.211. The summed E-state index contributed by atoms with van der Waals surface area (Å²) in [4.78, 5) is 1.91. The molecule has 0 radical (unpaired) electrons. The van der Waals surface area contributed by atoms with Crippen molar-refractivity contribution in [3.8, 4) is 0 Å². The summed E-state index contributed by atoms with van der Waals surface area (Å²) in [7, 11) is 3.81. The van der Waals surface area contributed by atoms with Gasteiger partial charge >= 0.3 is 0 Å². The van der Waals surface area contributed by atoms with Crippen molar-refractivity contribution >= 4 is 5.69 Å². The van der Waals surface area contributed by atoms with Crippen molar-refractivity contribution in [1.82, 2.24) is 0 Å². The maximum absolute atomic E-state index is 13.1. The molecule has 0 saturated heterocycles. The number of hydrogen-bond acceptors (Lipinski definition) is 2. The van der Waals surface area contributed by atoms with Gasteiger partial charge in [-0.25, -0.2) is 4.39 Å². The van der Waals surface area contributed by atoms with Crippen LogP contribution in [0.3, 0.4) is 0 Å². The van der Waals surface area contributed by atoms with Crippen molar-refractivity contribution in [2.24, 2.45) is 5.73 Å². The summed E-state index contributed by atoms with van der Waals surface area (Å²) in [6.45, 7) is 3.94. The van der Waals surface area contributed by atoms with Gasteiger partial charge in [0.05, 0.1) is 0 Å². The maximum atomic E-state index is 13.1. The van der Waals surface area contributed by atoms with Gasteiger partial charge in [-0.3, -0.25) is 0 Å². The number of nitrogens with two attached hydrogens (primary N) is 1. The zero-order valence-corrected chi connectivity index (χ0v) is 9.84. The molecule has 84 valence electrons. The zero-order valence-electron chi connectivity index (χ0n) is 9.84. The lowest BCUT2D eigenvalue weighted by Crippen LogP contribution is -2.35. The largest absolute Gasteiger partial charge is 0.377 e. The van der Waals surface area contributed by atoms with E-state index < -0.39 is 0 Å². The molecule has 0 unspecified atom stereocenters. The van der Waals surface area contributed by atoms with Gasteiger partial charge in [0, 0.05) is 25.3 Å². The first-order valence-electron chi connectivity index (χ1n) is 5.04. The van der Waals surface area contributed by atoms with Crippen molar-refractivity contribution in [3.05, 3.63) is 29.6 Å². The predicted octanol–water partition coefficient (Wildman–Crippen LogP) is 2.17. The molecule has 0 aliphatic rings. The number of hydrogen-bond donors (Lipinski definition) is 1. The maximum Gasteiger partial charge on any atom is 0.125 e. The summed E-state index contributed by atoms with van der Waals surface area (Å²) < 4.78 is 13.1. The lowest BCUT2D eigenvalue weighted by Gasteiger charge is -2.23. The highest BCUT2D eigenvalue weighted by atomic mass is 19.1. The summed E-state index contributed by atoms with van der Waals surface area (Å²) in [6.07, 6.45) is 0.737. The number of halogens is 1. The van der Waals surface area contributed by atoms with Crippen molar-refractivity contribution in [1.29, 1.82) is 0 Å². The van der Waals surface area contributed by atoms with Crippen LogP contribution in [0, 0.1) is 5.82 Å². The molecule has 0 fully saturated rings. The summed E-state index contributed by atoms with van der Waals surface area (Å²) in [5.74, 6) is -0.211. The molecule has 0 aliphatic heterocycles. The van der Waals surface area contributed by atoms with E-state index >= 15 is 0 Å². The summed E-state index contributed by atoms with van der Waals surface area (Å²) in [6, 6.07) is 4.83. The van der Waals surface area contributed by atoms with Gasteiger partial charge in [-0.1, -0.05) is 6.07 Å². The van der Waals surface area contributed by atoms with Crippen LogP contribution in [-0.4, -0.2) is 19.6 Å². The highest BCUT2D eigenvalue weighted by molar-refractivity contribution is 5.53. The Balaban J connectivity index is 3.06. The normalized spacial score (nSPS) is 11.6. The molecule has 15 heavy (non-hydrogen) atoms. The van der Waals surface area contributed by atoms with Crippen molar-refractivity contribution in [2.75, 3.05) is 19.0 Å². The monoisotopic (exact) mass is 210 g/mol. The van der Waals surface area contributed by atoms with Crippen LogP contribution < -0.4 is 10.6 Å². The second-order valence-electron chi connectivity index (χ2n) is 4.83. The molecule has 0 aromatic heterocycles. The average molecular weight is 210 g/mol. The fourth-order valence-corrected chi connectivity index (χ4v) is 1.59. The lowest BCUT2D eigenvalue weighted by atomic mass is 9.95.